The molecule has 22 heavy (non-hydrogen) atoms. The highest BCUT2D eigenvalue weighted by molar-refractivity contribution is 5.69. The van der Waals surface area contributed by atoms with Crippen molar-refractivity contribution in [1.82, 2.24) is 24.3 Å². The molecule has 3 heterocycles. The maximum atomic E-state index is 13.7. The molecule has 1 aliphatic heterocycles. The van der Waals surface area contributed by atoms with Crippen molar-refractivity contribution in [3.8, 4) is 17.1 Å². The van der Waals surface area contributed by atoms with Crippen molar-refractivity contribution < 1.29 is 9.50 Å². The number of hydrogen-bond acceptors (Lipinski definition) is 4. The number of aliphatic hydroxyl groups excluding tert-OH is 1. The minimum atomic E-state index is -0.776. The van der Waals surface area contributed by atoms with E-state index in [0.717, 1.165) is 17.1 Å². The van der Waals surface area contributed by atoms with Crippen molar-refractivity contribution in [3.05, 3.63) is 47.6 Å². The molecule has 1 aromatic carbocycles. The van der Waals surface area contributed by atoms with Crippen molar-refractivity contribution in [2.24, 2.45) is 0 Å². The van der Waals surface area contributed by atoms with Gasteiger partial charge in [-0.25, -0.2) is 19.0 Å². The Labute approximate surface area is 125 Å². The van der Waals surface area contributed by atoms with E-state index in [2.05, 4.69) is 15.1 Å². The molecule has 6 nitrogen and oxygen atoms in total. The lowest BCUT2D eigenvalue weighted by atomic mass is 10.1. The molecule has 1 aliphatic rings. The Hall–Kier alpha value is -2.54. The van der Waals surface area contributed by atoms with E-state index < -0.39 is 6.10 Å². The summed E-state index contributed by atoms with van der Waals surface area (Å²) in [5.74, 6) is 0.538. The first kappa shape index (κ1) is 13.1. The Morgan fingerprint density at radius 1 is 1.36 bits per heavy atom. The van der Waals surface area contributed by atoms with Crippen LogP contribution in [0.1, 0.15) is 30.2 Å². The van der Waals surface area contributed by atoms with Gasteiger partial charge in [0.1, 0.15) is 11.9 Å². The Morgan fingerprint density at radius 2 is 2.18 bits per heavy atom. The van der Waals surface area contributed by atoms with Crippen LogP contribution in [0.25, 0.3) is 17.1 Å². The summed E-state index contributed by atoms with van der Waals surface area (Å²) in [4.78, 5) is 8.72. The molecule has 1 N–H and O–H groups in total. The molecule has 112 valence electrons. The minimum absolute atomic E-state index is 0.329. The van der Waals surface area contributed by atoms with Gasteiger partial charge in [0.25, 0.3) is 0 Å². The van der Waals surface area contributed by atoms with E-state index in [9.17, 15) is 9.50 Å². The highest BCUT2D eigenvalue weighted by Gasteiger charge is 2.25. The van der Waals surface area contributed by atoms with E-state index in [0.29, 0.717) is 23.8 Å². The van der Waals surface area contributed by atoms with Gasteiger partial charge in [0.15, 0.2) is 11.6 Å². The second kappa shape index (κ2) is 4.48. The monoisotopic (exact) mass is 299 g/mol. The van der Waals surface area contributed by atoms with Gasteiger partial charge in [-0.2, -0.15) is 5.10 Å². The number of rotatable bonds is 1. The first-order valence-corrected chi connectivity index (χ1v) is 7.00. The van der Waals surface area contributed by atoms with Crippen LogP contribution in [0, 0.1) is 12.7 Å². The number of benzene rings is 1. The van der Waals surface area contributed by atoms with Crippen LogP contribution in [-0.4, -0.2) is 29.4 Å². The molecular formula is C15H14FN5O. The van der Waals surface area contributed by atoms with Gasteiger partial charge < -0.3 is 9.67 Å². The molecule has 4 rings (SSSR count). The number of fused-ring (bicyclic) bond motifs is 5. The summed E-state index contributed by atoms with van der Waals surface area (Å²) in [6.45, 7) is 4.00. The number of imidazole rings is 1. The number of hydrogen-bond donors (Lipinski definition) is 1. The number of aromatic nitrogens is 5. The molecule has 0 bridgehead atoms. The first-order valence-electron chi connectivity index (χ1n) is 7.00. The largest absolute Gasteiger partial charge is 0.385 e. The highest BCUT2D eigenvalue weighted by Crippen LogP contribution is 2.32. The third-order valence-corrected chi connectivity index (χ3v) is 3.90. The number of halogens is 1. The lowest BCUT2D eigenvalue weighted by Gasteiger charge is -2.08. The van der Waals surface area contributed by atoms with E-state index in [4.69, 9.17) is 0 Å². The third-order valence-electron chi connectivity index (χ3n) is 3.90. The van der Waals surface area contributed by atoms with Crippen LogP contribution in [0.5, 0.6) is 0 Å². The van der Waals surface area contributed by atoms with Crippen molar-refractivity contribution in [2.75, 3.05) is 0 Å². The van der Waals surface area contributed by atoms with Gasteiger partial charge in [-0.05, 0) is 32.0 Å². The molecule has 0 saturated heterocycles. The molecule has 0 spiro atoms. The van der Waals surface area contributed by atoms with Crippen LogP contribution in [0.2, 0.25) is 0 Å². The van der Waals surface area contributed by atoms with Gasteiger partial charge in [0.2, 0.25) is 0 Å². The Bertz CT molecular complexity index is 880. The molecule has 0 fully saturated rings. The van der Waals surface area contributed by atoms with Gasteiger partial charge in [0.05, 0.1) is 29.9 Å². The predicted octanol–water partition coefficient (Wildman–Crippen LogP) is 1.99. The summed E-state index contributed by atoms with van der Waals surface area (Å²) >= 11 is 0. The quantitative estimate of drug-likeness (QED) is 0.583. The Kier molecular flexibility index (Phi) is 2.67. The SMILES string of the molecule is Cc1ncn2c1Cn1nc(C(C)O)nc1-c1cc(F)ccc1-2. The van der Waals surface area contributed by atoms with Crippen LogP contribution in [0.15, 0.2) is 24.5 Å². The zero-order valence-corrected chi connectivity index (χ0v) is 12.2. The summed E-state index contributed by atoms with van der Waals surface area (Å²) in [7, 11) is 0. The van der Waals surface area contributed by atoms with E-state index in [1.807, 2.05) is 11.5 Å². The fourth-order valence-corrected chi connectivity index (χ4v) is 2.75. The van der Waals surface area contributed by atoms with Crippen LogP contribution in [-0.2, 0) is 6.54 Å². The van der Waals surface area contributed by atoms with Gasteiger partial charge in [-0.3, -0.25) is 0 Å². The summed E-state index contributed by atoms with van der Waals surface area (Å²) in [6, 6.07) is 4.56. The van der Waals surface area contributed by atoms with E-state index in [-0.39, 0.29) is 5.82 Å². The summed E-state index contributed by atoms with van der Waals surface area (Å²) in [5, 5.41) is 14.1. The molecular weight excluding hydrogens is 285 g/mol. The average molecular weight is 299 g/mol. The summed E-state index contributed by atoms with van der Waals surface area (Å²) < 4.78 is 17.4. The molecule has 0 amide bonds. The average Bonchev–Trinajstić information content (AvgIpc) is 3.02. The number of aliphatic hydroxyl groups is 1. The smallest absolute Gasteiger partial charge is 0.179 e. The molecule has 0 radical (unpaired) electrons. The minimum Gasteiger partial charge on any atom is -0.385 e. The standard InChI is InChI=1S/C15H14FN5O/c1-8-13-6-21-15(18-14(19-21)9(2)22)11-5-10(16)3-4-12(11)20(13)7-17-8/h3-5,7,9,22H,6H2,1-2H3. The Balaban J connectivity index is 2.05. The maximum absolute atomic E-state index is 13.7. The fourth-order valence-electron chi connectivity index (χ4n) is 2.75. The van der Waals surface area contributed by atoms with Gasteiger partial charge in [-0.15, -0.1) is 0 Å². The summed E-state index contributed by atoms with van der Waals surface area (Å²) in [5.41, 5.74) is 3.29. The molecule has 0 aliphatic carbocycles. The normalized spacial score (nSPS) is 14.0. The second-order valence-electron chi connectivity index (χ2n) is 5.44. The van der Waals surface area contributed by atoms with E-state index in [1.54, 1.807) is 24.0 Å². The van der Waals surface area contributed by atoms with Gasteiger partial charge >= 0.3 is 0 Å². The van der Waals surface area contributed by atoms with Crippen LogP contribution in [0.3, 0.4) is 0 Å². The van der Waals surface area contributed by atoms with Crippen LogP contribution < -0.4 is 0 Å². The maximum Gasteiger partial charge on any atom is 0.179 e. The van der Waals surface area contributed by atoms with Crippen molar-refractivity contribution in [1.29, 1.82) is 0 Å². The molecule has 3 aromatic rings. The molecule has 1 unspecified atom stereocenters. The van der Waals surface area contributed by atoms with Gasteiger partial charge in [0, 0.05) is 5.56 Å². The summed E-state index contributed by atoms with van der Waals surface area (Å²) in [6.07, 6.45) is 0.950. The highest BCUT2D eigenvalue weighted by atomic mass is 19.1. The zero-order chi connectivity index (χ0) is 15.4. The zero-order valence-electron chi connectivity index (χ0n) is 12.2. The fraction of sp³-hybridized carbons (Fsp3) is 0.267. The third kappa shape index (κ3) is 1.79. The lowest BCUT2D eigenvalue weighted by molar-refractivity contribution is 0.188. The molecule has 1 atom stereocenters. The Morgan fingerprint density at radius 3 is 2.95 bits per heavy atom. The number of nitrogens with zero attached hydrogens (tertiary/aromatic N) is 5. The van der Waals surface area contributed by atoms with Gasteiger partial charge in [-0.1, -0.05) is 0 Å². The predicted molar refractivity (Wildman–Crippen MR) is 77.0 cm³/mol. The second-order valence-corrected chi connectivity index (χ2v) is 5.44. The molecule has 7 heteroatoms. The lowest BCUT2D eigenvalue weighted by Crippen LogP contribution is -2.06. The van der Waals surface area contributed by atoms with Crippen molar-refractivity contribution >= 4 is 0 Å². The molecule has 0 saturated carbocycles. The van der Waals surface area contributed by atoms with Crippen LogP contribution >= 0.6 is 0 Å². The van der Waals surface area contributed by atoms with Crippen molar-refractivity contribution in [2.45, 2.75) is 26.5 Å². The van der Waals surface area contributed by atoms with E-state index in [1.165, 1.54) is 12.1 Å². The van der Waals surface area contributed by atoms with E-state index >= 15 is 0 Å². The van der Waals surface area contributed by atoms with Crippen LogP contribution in [0.4, 0.5) is 4.39 Å². The molecule has 2 aromatic heterocycles. The first-order chi connectivity index (χ1) is 10.5. The topological polar surface area (TPSA) is 68.8 Å². The number of aryl methyl sites for hydroxylation is 1. The van der Waals surface area contributed by atoms with Crippen molar-refractivity contribution in [3.63, 3.8) is 0 Å².